The number of hydrogen-bond donors (Lipinski definition) is 1. The van der Waals surface area contributed by atoms with Gasteiger partial charge in [0.05, 0.1) is 6.42 Å². The van der Waals surface area contributed by atoms with E-state index in [4.69, 9.17) is 5.14 Å². The van der Waals surface area contributed by atoms with Crippen LogP contribution in [0.15, 0.2) is 16.3 Å². The molecule has 1 heterocycles. The van der Waals surface area contributed by atoms with Crippen molar-refractivity contribution in [3.05, 3.63) is 17.0 Å². The van der Waals surface area contributed by atoms with E-state index >= 15 is 0 Å². The molecule has 5 nitrogen and oxygen atoms in total. The number of amides is 1. The lowest BCUT2D eigenvalue weighted by Gasteiger charge is -2.26. The third kappa shape index (κ3) is 4.59. The minimum Gasteiger partial charge on any atom is -0.340 e. The van der Waals surface area contributed by atoms with Crippen molar-refractivity contribution in [2.45, 2.75) is 43.9 Å². The van der Waals surface area contributed by atoms with Crippen LogP contribution in [0.1, 0.15) is 32.1 Å². The van der Waals surface area contributed by atoms with Gasteiger partial charge in [-0.15, -0.1) is 11.3 Å². The first kappa shape index (κ1) is 16.1. The molecule has 0 atom stereocenters. The molecule has 19 heavy (non-hydrogen) atoms. The zero-order valence-corrected chi connectivity index (χ0v) is 13.1. The molecule has 0 radical (unpaired) electrons. The summed E-state index contributed by atoms with van der Waals surface area (Å²) in [6, 6.07) is 3.24. The van der Waals surface area contributed by atoms with Gasteiger partial charge in [-0.05, 0) is 32.4 Å². The average Bonchev–Trinajstić information content (AvgIpc) is 2.73. The molecule has 1 aromatic rings. The van der Waals surface area contributed by atoms with E-state index in [1.165, 1.54) is 6.07 Å². The number of hydrogen-bond acceptors (Lipinski definition) is 4. The summed E-state index contributed by atoms with van der Waals surface area (Å²) in [6.45, 7) is 6.67. The minimum atomic E-state index is -3.67. The van der Waals surface area contributed by atoms with Crippen molar-refractivity contribution in [1.29, 1.82) is 0 Å². The molecular weight excluding hydrogens is 284 g/mol. The zero-order chi connectivity index (χ0) is 14.6. The van der Waals surface area contributed by atoms with Crippen LogP contribution < -0.4 is 5.14 Å². The fourth-order valence-corrected chi connectivity index (χ4v) is 3.54. The molecule has 1 aromatic heterocycles. The lowest BCUT2D eigenvalue weighted by molar-refractivity contribution is -0.132. The van der Waals surface area contributed by atoms with Crippen molar-refractivity contribution >= 4 is 27.3 Å². The van der Waals surface area contributed by atoms with Gasteiger partial charge in [-0.2, -0.15) is 0 Å². The van der Waals surface area contributed by atoms with E-state index in [0.29, 0.717) is 6.54 Å². The van der Waals surface area contributed by atoms with Crippen LogP contribution >= 0.6 is 11.3 Å². The number of carbonyl (C=O) groups excluding carboxylic acids is 1. The Labute approximate surface area is 118 Å². The van der Waals surface area contributed by atoms with Gasteiger partial charge in [0.2, 0.25) is 15.9 Å². The maximum Gasteiger partial charge on any atom is 0.247 e. The number of nitrogens with two attached hydrogens (primary N) is 1. The number of primary sulfonamides is 1. The summed E-state index contributed by atoms with van der Waals surface area (Å²) in [5, 5.41) is 5.04. The summed E-state index contributed by atoms with van der Waals surface area (Å²) in [5.41, 5.74) is 0. The summed E-state index contributed by atoms with van der Waals surface area (Å²) in [5.74, 6) is 0.0136. The third-order valence-electron chi connectivity index (χ3n) is 2.65. The smallest absolute Gasteiger partial charge is 0.247 e. The number of rotatable bonds is 6. The molecule has 0 aliphatic rings. The van der Waals surface area contributed by atoms with E-state index in [2.05, 4.69) is 0 Å². The van der Waals surface area contributed by atoms with Crippen molar-refractivity contribution in [1.82, 2.24) is 4.90 Å². The molecule has 2 N–H and O–H groups in total. The van der Waals surface area contributed by atoms with Crippen molar-refractivity contribution < 1.29 is 13.2 Å². The van der Waals surface area contributed by atoms with Gasteiger partial charge in [0.15, 0.2) is 0 Å². The molecule has 0 saturated heterocycles. The van der Waals surface area contributed by atoms with Gasteiger partial charge in [-0.3, -0.25) is 4.79 Å². The molecule has 0 aromatic carbocycles. The average molecular weight is 304 g/mol. The monoisotopic (exact) mass is 304 g/mol. The molecule has 1 rings (SSSR count). The Morgan fingerprint density at radius 1 is 1.42 bits per heavy atom. The highest BCUT2D eigenvalue weighted by Crippen LogP contribution is 2.21. The Balaban J connectivity index is 2.79. The van der Waals surface area contributed by atoms with Crippen molar-refractivity contribution in [2.75, 3.05) is 6.54 Å². The Hall–Kier alpha value is -0.920. The van der Waals surface area contributed by atoms with Crippen LogP contribution in [0.3, 0.4) is 0 Å². The lowest BCUT2D eigenvalue weighted by atomic mass is 10.2. The highest BCUT2D eigenvalue weighted by Gasteiger charge is 2.18. The number of carbonyl (C=O) groups is 1. The summed E-state index contributed by atoms with van der Waals surface area (Å²) in [4.78, 5) is 14.7. The summed E-state index contributed by atoms with van der Waals surface area (Å²) in [6.07, 6.45) is 1.12. The molecular formula is C12H20N2O3S2. The molecule has 0 fully saturated rings. The Morgan fingerprint density at radius 3 is 2.47 bits per heavy atom. The highest BCUT2D eigenvalue weighted by atomic mass is 32.2. The molecule has 0 bridgehead atoms. The Morgan fingerprint density at radius 2 is 2.05 bits per heavy atom. The maximum atomic E-state index is 12.2. The van der Waals surface area contributed by atoms with E-state index < -0.39 is 10.0 Å². The zero-order valence-electron chi connectivity index (χ0n) is 11.4. The summed E-state index contributed by atoms with van der Waals surface area (Å²) in [7, 11) is -3.67. The first-order valence-electron chi connectivity index (χ1n) is 6.16. The van der Waals surface area contributed by atoms with E-state index in [1.54, 1.807) is 11.0 Å². The largest absolute Gasteiger partial charge is 0.340 e. The molecule has 0 saturated carbocycles. The van der Waals surface area contributed by atoms with Crippen LogP contribution in [0.5, 0.6) is 0 Å². The SMILES string of the molecule is CCCN(C(=O)Cc1ccc(S(N)(=O)=O)s1)C(C)C. The van der Waals surface area contributed by atoms with Crippen LogP contribution in [-0.4, -0.2) is 31.8 Å². The van der Waals surface area contributed by atoms with Crippen molar-refractivity contribution in [2.24, 2.45) is 5.14 Å². The molecule has 1 amide bonds. The predicted octanol–water partition coefficient (Wildman–Crippen LogP) is 1.58. The minimum absolute atomic E-state index is 0.0136. The fraction of sp³-hybridized carbons (Fsp3) is 0.583. The fourth-order valence-electron chi connectivity index (χ4n) is 1.77. The first-order chi connectivity index (χ1) is 8.75. The number of thiophene rings is 1. The number of nitrogens with zero attached hydrogens (tertiary/aromatic N) is 1. The Kier molecular flexibility index (Phi) is 5.51. The normalized spacial score (nSPS) is 11.8. The van der Waals surface area contributed by atoms with Gasteiger partial charge in [-0.1, -0.05) is 6.92 Å². The second kappa shape index (κ2) is 6.49. The number of sulfonamides is 1. The summed E-state index contributed by atoms with van der Waals surface area (Å²) < 4.78 is 22.4. The van der Waals surface area contributed by atoms with E-state index in [1.807, 2.05) is 20.8 Å². The van der Waals surface area contributed by atoms with E-state index in [9.17, 15) is 13.2 Å². The first-order valence-corrected chi connectivity index (χ1v) is 8.53. The standard InChI is InChI=1S/C12H20N2O3S2/c1-4-7-14(9(2)3)11(15)8-10-5-6-12(18-10)19(13,16)17/h5-6,9H,4,7-8H2,1-3H3,(H2,13,16,17). The molecule has 7 heteroatoms. The quantitative estimate of drug-likeness (QED) is 0.866. The molecule has 108 valence electrons. The maximum absolute atomic E-state index is 12.2. The van der Waals surface area contributed by atoms with Crippen LogP contribution in [-0.2, 0) is 21.2 Å². The van der Waals surface area contributed by atoms with Gasteiger partial charge in [0.25, 0.3) is 0 Å². The second-order valence-electron chi connectivity index (χ2n) is 4.62. The van der Waals surface area contributed by atoms with Crippen molar-refractivity contribution in [3.8, 4) is 0 Å². The van der Waals surface area contributed by atoms with Gasteiger partial charge in [0, 0.05) is 17.5 Å². The summed E-state index contributed by atoms with van der Waals surface area (Å²) >= 11 is 1.05. The topological polar surface area (TPSA) is 80.5 Å². The van der Waals surface area contributed by atoms with Gasteiger partial charge < -0.3 is 4.90 Å². The predicted molar refractivity (Wildman–Crippen MR) is 76.5 cm³/mol. The van der Waals surface area contributed by atoms with Crippen LogP contribution in [0.4, 0.5) is 0 Å². The molecule has 0 aliphatic carbocycles. The van der Waals surface area contributed by atoms with E-state index in [-0.39, 0.29) is 22.6 Å². The second-order valence-corrected chi connectivity index (χ2v) is 7.58. The van der Waals surface area contributed by atoms with Crippen LogP contribution in [0.2, 0.25) is 0 Å². The third-order valence-corrected chi connectivity index (χ3v) is 5.17. The van der Waals surface area contributed by atoms with Crippen LogP contribution in [0.25, 0.3) is 0 Å². The molecule has 0 spiro atoms. The molecule has 0 aliphatic heterocycles. The van der Waals surface area contributed by atoms with Gasteiger partial charge >= 0.3 is 0 Å². The van der Waals surface area contributed by atoms with E-state index in [0.717, 1.165) is 22.6 Å². The van der Waals surface area contributed by atoms with Crippen molar-refractivity contribution in [3.63, 3.8) is 0 Å². The van der Waals surface area contributed by atoms with Crippen LogP contribution in [0, 0.1) is 0 Å². The lowest BCUT2D eigenvalue weighted by Crippen LogP contribution is -2.38. The Bertz CT molecular complexity index is 535. The van der Waals surface area contributed by atoms with Gasteiger partial charge in [0.1, 0.15) is 4.21 Å². The molecule has 0 unspecified atom stereocenters. The highest BCUT2D eigenvalue weighted by molar-refractivity contribution is 7.91. The van der Waals surface area contributed by atoms with Gasteiger partial charge in [-0.25, -0.2) is 13.6 Å².